The Balaban J connectivity index is 2.57. The molecule has 0 bridgehead atoms. The quantitative estimate of drug-likeness (QED) is 0.320. The van der Waals surface area contributed by atoms with E-state index in [-0.39, 0.29) is 31.5 Å². The summed E-state index contributed by atoms with van der Waals surface area (Å²) in [5, 5.41) is 6.19. The lowest BCUT2D eigenvalue weighted by molar-refractivity contribution is -0.127. The van der Waals surface area contributed by atoms with Gasteiger partial charge in [-0.05, 0) is 25.0 Å². The average Bonchev–Trinajstić information content (AvgIpc) is 2.62. The van der Waals surface area contributed by atoms with E-state index in [1.54, 1.807) is 25.9 Å². The number of nitrogens with one attached hydrogen (secondary N) is 2. The summed E-state index contributed by atoms with van der Waals surface area (Å²) in [6.45, 7) is 0.718. The van der Waals surface area contributed by atoms with E-state index in [1.807, 2.05) is 6.26 Å². The molecule has 0 aromatic rings. The molecule has 8 nitrogen and oxygen atoms in total. The van der Waals surface area contributed by atoms with Gasteiger partial charge in [0.25, 0.3) is 0 Å². The number of likely N-dealkylation sites (N-methyl/N-ethyl adjacent to an activating group) is 1. The average molecular weight is 448 g/mol. The molecule has 1 aliphatic heterocycles. The number of hydrogen-bond donors (Lipinski definition) is 2. The van der Waals surface area contributed by atoms with Crippen LogP contribution in [0.15, 0.2) is 4.99 Å². The van der Waals surface area contributed by atoms with Gasteiger partial charge in [0.15, 0.2) is 5.96 Å². The number of piperidine rings is 1. The third-order valence-corrected chi connectivity index (χ3v) is 6.48. The molecule has 13 heteroatoms. The number of carbonyl (C=O) groups is 1. The van der Waals surface area contributed by atoms with Gasteiger partial charge in [0.1, 0.15) is 6.54 Å². The number of guanidine groups is 1. The van der Waals surface area contributed by atoms with Crippen LogP contribution in [0.3, 0.4) is 0 Å². The summed E-state index contributed by atoms with van der Waals surface area (Å²) in [5.74, 6) is 1.15. The second-order valence-corrected chi connectivity index (χ2v) is 9.46. The smallest absolute Gasteiger partial charge is 0.356 e. The zero-order chi connectivity index (χ0) is 21.4. The maximum absolute atomic E-state index is 12.6. The van der Waals surface area contributed by atoms with Crippen molar-refractivity contribution >= 4 is 33.7 Å². The van der Waals surface area contributed by atoms with Gasteiger partial charge < -0.3 is 15.5 Å². The lowest BCUT2D eigenvalue weighted by Gasteiger charge is -2.31. The van der Waals surface area contributed by atoms with Crippen molar-refractivity contribution in [1.29, 1.82) is 0 Å². The molecule has 2 N–H and O–H groups in total. The molecule has 1 heterocycles. The van der Waals surface area contributed by atoms with Crippen molar-refractivity contribution in [3.63, 3.8) is 0 Å². The fourth-order valence-corrected chi connectivity index (χ4v) is 3.77. The first-order valence-corrected chi connectivity index (χ1v) is 11.6. The minimum absolute atomic E-state index is 0.0109. The number of halogens is 3. The molecule has 164 valence electrons. The molecule has 1 amide bonds. The predicted molar refractivity (Wildman–Crippen MR) is 105 cm³/mol. The van der Waals surface area contributed by atoms with Crippen LogP contribution in [0.1, 0.15) is 12.8 Å². The number of carbonyl (C=O) groups excluding carboxylic acids is 1. The lowest BCUT2D eigenvalue weighted by atomic mass is 9.98. The molecule has 0 unspecified atom stereocenters. The standard InChI is InChI=1S/C15H28F3N5O3S2/c1-22(2)13(24)11-21-14(19-6-9-27-3)20-10-12-4-7-23(8-5-12)28(25,26)15(16,17)18/h12H,4-11H2,1-3H3,(H2,19,20,21). The highest BCUT2D eigenvalue weighted by Gasteiger charge is 2.50. The van der Waals surface area contributed by atoms with E-state index in [1.165, 1.54) is 4.90 Å². The van der Waals surface area contributed by atoms with Crippen LogP contribution in [0.5, 0.6) is 0 Å². The summed E-state index contributed by atoms with van der Waals surface area (Å²) in [6, 6.07) is 0. The number of amides is 1. The Morgan fingerprint density at radius 2 is 1.86 bits per heavy atom. The molecule has 0 saturated carbocycles. The van der Waals surface area contributed by atoms with Gasteiger partial charge in [-0.25, -0.2) is 13.4 Å². The number of thioether (sulfide) groups is 1. The van der Waals surface area contributed by atoms with Crippen LogP contribution in [0.2, 0.25) is 0 Å². The molecule has 0 aliphatic carbocycles. The van der Waals surface area contributed by atoms with Gasteiger partial charge in [-0.15, -0.1) is 0 Å². The third-order valence-electron chi connectivity index (χ3n) is 4.23. The fourth-order valence-electron chi connectivity index (χ4n) is 2.48. The zero-order valence-corrected chi connectivity index (χ0v) is 17.9. The van der Waals surface area contributed by atoms with Crippen LogP contribution < -0.4 is 10.6 Å². The van der Waals surface area contributed by atoms with Gasteiger partial charge in [-0.1, -0.05) is 0 Å². The van der Waals surface area contributed by atoms with Gasteiger partial charge in [-0.2, -0.15) is 29.2 Å². The van der Waals surface area contributed by atoms with E-state index >= 15 is 0 Å². The minimum Gasteiger partial charge on any atom is -0.356 e. The summed E-state index contributed by atoms with van der Waals surface area (Å²) in [6.07, 6.45) is 2.60. The highest BCUT2D eigenvalue weighted by Crippen LogP contribution is 2.30. The Hall–Kier alpha value is -1.21. The molecule has 0 radical (unpaired) electrons. The van der Waals surface area contributed by atoms with E-state index in [0.29, 0.717) is 36.2 Å². The number of alkyl halides is 3. The zero-order valence-electron chi connectivity index (χ0n) is 16.3. The number of aliphatic imine (C=N–C) groups is 1. The minimum atomic E-state index is -5.27. The Kier molecular flexibility index (Phi) is 9.84. The number of hydrogen-bond acceptors (Lipinski definition) is 5. The first kappa shape index (κ1) is 24.8. The molecule has 0 atom stereocenters. The normalized spacial score (nSPS) is 17.4. The molecule has 0 spiro atoms. The molecule has 0 aromatic heterocycles. The summed E-state index contributed by atoms with van der Waals surface area (Å²) < 4.78 is 61.3. The van der Waals surface area contributed by atoms with E-state index in [0.717, 1.165) is 5.75 Å². The molecule has 1 rings (SSSR count). The molecule has 1 saturated heterocycles. The molecule has 1 aliphatic rings. The molecule has 1 fully saturated rings. The molecule has 0 aromatic carbocycles. The van der Waals surface area contributed by atoms with Crippen molar-refractivity contribution in [2.45, 2.75) is 18.3 Å². The SMILES string of the molecule is CSCCNC(=NCC(=O)N(C)C)NCC1CCN(S(=O)(=O)C(F)(F)F)CC1. The molecular formula is C15H28F3N5O3S2. The number of sulfonamides is 1. The van der Waals surface area contributed by atoms with Gasteiger partial charge in [0.2, 0.25) is 5.91 Å². The third kappa shape index (κ3) is 7.66. The van der Waals surface area contributed by atoms with E-state index < -0.39 is 15.5 Å². The van der Waals surface area contributed by atoms with Crippen LogP contribution in [0, 0.1) is 5.92 Å². The summed E-state index contributed by atoms with van der Waals surface area (Å²) in [7, 11) is -2.00. The van der Waals surface area contributed by atoms with E-state index in [4.69, 9.17) is 0 Å². The summed E-state index contributed by atoms with van der Waals surface area (Å²) in [5.41, 5.74) is -5.27. The van der Waals surface area contributed by atoms with Gasteiger partial charge in [-0.3, -0.25) is 4.79 Å². The Morgan fingerprint density at radius 1 is 1.25 bits per heavy atom. The number of rotatable bonds is 8. The largest absolute Gasteiger partial charge is 0.511 e. The first-order valence-electron chi connectivity index (χ1n) is 8.76. The van der Waals surface area contributed by atoms with Crippen LogP contribution >= 0.6 is 11.8 Å². The Morgan fingerprint density at radius 3 is 2.36 bits per heavy atom. The molecular weight excluding hydrogens is 419 g/mol. The Bertz CT molecular complexity index is 633. The fraction of sp³-hybridized carbons (Fsp3) is 0.867. The van der Waals surface area contributed by atoms with Crippen LogP contribution in [0.25, 0.3) is 0 Å². The van der Waals surface area contributed by atoms with Crippen LogP contribution in [-0.2, 0) is 14.8 Å². The lowest BCUT2D eigenvalue weighted by Crippen LogP contribution is -2.47. The highest BCUT2D eigenvalue weighted by atomic mass is 32.2. The monoisotopic (exact) mass is 447 g/mol. The maximum Gasteiger partial charge on any atom is 0.511 e. The van der Waals surface area contributed by atoms with Crippen molar-refractivity contribution in [2.24, 2.45) is 10.9 Å². The van der Waals surface area contributed by atoms with Crippen molar-refractivity contribution in [2.75, 3.05) is 58.8 Å². The topological polar surface area (TPSA) is 94.1 Å². The van der Waals surface area contributed by atoms with Crippen LogP contribution in [0.4, 0.5) is 13.2 Å². The van der Waals surface area contributed by atoms with Crippen molar-refractivity contribution < 1.29 is 26.4 Å². The van der Waals surface area contributed by atoms with Crippen LogP contribution in [-0.4, -0.2) is 93.8 Å². The van der Waals surface area contributed by atoms with Crippen molar-refractivity contribution in [1.82, 2.24) is 19.8 Å². The van der Waals surface area contributed by atoms with E-state index in [9.17, 15) is 26.4 Å². The summed E-state index contributed by atoms with van der Waals surface area (Å²) in [4.78, 5) is 17.4. The van der Waals surface area contributed by atoms with Gasteiger partial charge in [0, 0.05) is 46.0 Å². The van der Waals surface area contributed by atoms with Crippen molar-refractivity contribution in [3.05, 3.63) is 0 Å². The van der Waals surface area contributed by atoms with Crippen molar-refractivity contribution in [3.8, 4) is 0 Å². The molecule has 28 heavy (non-hydrogen) atoms. The summed E-state index contributed by atoms with van der Waals surface area (Å²) >= 11 is 1.65. The predicted octanol–water partition coefficient (Wildman–Crippen LogP) is 0.534. The first-order chi connectivity index (χ1) is 13.0. The highest BCUT2D eigenvalue weighted by molar-refractivity contribution is 7.98. The van der Waals surface area contributed by atoms with Gasteiger partial charge >= 0.3 is 15.5 Å². The van der Waals surface area contributed by atoms with E-state index in [2.05, 4.69) is 15.6 Å². The number of nitrogens with zero attached hydrogens (tertiary/aromatic N) is 3. The Labute approximate surface area is 168 Å². The second kappa shape index (κ2) is 11.1. The second-order valence-electron chi connectivity index (χ2n) is 6.55. The maximum atomic E-state index is 12.6. The van der Waals surface area contributed by atoms with Gasteiger partial charge in [0.05, 0.1) is 0 Å².